The molecule has 0 atom stereocenters. The number of nitrogens with two attached hydrogens (primary N) is 1. The zero-order chi connectivity index (χ0) is 15.5. The lowest BCUT2D eigenvalue weighted by molar-refractivity contribution is -0.122. The summed E-state index contributed by atoms with van der Waals surface area (Å²) in [6.07, 6.45) is 1.84. The van der Waals surface area contributed by atoms with Gasteiger partial charge in [0, 0.05) is 19.0 Å². The normalized spacial score (nSPS) is 14.7. The Balaban J connectivity index is 1.88. The quantitative estimate of drug-likeness (QED) is 0.488. The summed E-state index contributed by atoms with van der Waals surface area (Å²) in [7, 11) is -2.19. The summed E-state index contributed by atoms with van der Waals surface area (Å²) in [5, 5.41) is 2.69. The van der Waals surface area contributed by atoms with E-state index in [9.17, 15) is 13.2 Å². The number of anilines is 1. The minimum absolute atomic E-state index is 0.0112. The van der Waals surface area contributed by atoms with E-state index in [4.69, 9.17) is 10.5 Å². The van der Waals surface area contributed by atoms with E-state index < -0.39 is 10.0 Å². The van der Waals surface area contributed by atoms with Crippen LogP contribution in [0.15, 0.2) is 23.1 Å². The Morgan fingerprint density at radius 1 is 1.38 bits per heavy atom. The third-order valence-electron chi connectivity index (χ3n) is 3.18. The molecule has 2 rings (SSSR count). The fourth-order valence-corrected chi connectivity index (χ4v) is 2.89. The summed E-state index contributed by atoms with van der Waals surface area (Å²) >= 11 is 0. The second-order valence-electron chi connectivity index (χ2n) is 4.87. The van der Waals surface area contributed by atoms with Crippen LogP contribution in [-0.4, -0.2) is 34.5 Å². The topological polar surface area (TPSA) is 111 Å². The lowest BCUT2D eigenvalue weighted by Gasteiger charge is -2.10. The molecule has 0 bridgehead atoms. The van der Waals surface area contributed by atoms with Crippen molar-refractivity contribution in [2.75, 3.05) is 25.9 Å². The van der Waals surface area contributed by atoms with E-state index in [0.29, 0.717) is 5.75 Å². The second-order valence-corrected chi connectivity index (χ2v) is 6.63. The van der Waals surface area contributed by atoms with Gasteiger partial charge in [0.05, 0.1) is 17.7 Å². The number of hydrogen-bond acceptors (Lipinski definition) is 5. The van der Waals surface area contributed by atoms with Crippen molar-refractivity contribution in [3.05, 3.63) is 18.2 Å². The van der Waals surface area contributed by atoms with Crippen LogP contribution in [0.5, 0.6) is 5.75 Å². The number of nitrogens with one attached hydrogen (secondary N) is 2. The van der Waals surface area contributed by atoms with Crippen molar-refractivity contribution < 1.29 is 17.9 Å². The van der Waals surface area contributed by atoms with Gasteiger partial charge in [-0.3, -0.25) is 4.79 Å². The van der Waals surface area contributed by atoms with E-state index in [-0.39, 0.29) is 35.5 Å². The molecule has 7 nitrogen and oxygen atoms in total. The highest BCUT2D eigenvalue weighted by Gasteiger charge is 2.29. The Kier molecular flexibility index (Phi) is 4.69. The maximum absolute atomic E-state index is 12.1. The lowest BCUT2D eigenvalue weighted by atomic mass is 10.3. The van der Waals surface area contributed by atoms with Crippen LogP contribution in [-0.2, 0) is 14.8 Å². The SMILES string of the molecule is COc1ccc(S(=O)(=O)NCCNC(=O)C2CC2)cc1N. The molecule has 21 heavy (non-hydrogen) atoms. The van der Waals surface area contributed by atoms with Crippen LogP contribution in [0, 0.1) is 5.92 Å². The van der Waals surface area contributed by atoms with Gasteiger partial charge in [-0.25, -0.2) is 13.1 Å². The molecule has 116 valence electrons. The minimum Gasteiger partial charge on any atom is -0.495 e. The number of carbonyl (C=O) groups is 1. The zero-order valence-corrected chi connectivity index (χ0v) is 12.6. The Hall–Kier alpha value is -1.80. The molecule has 1 saturated carbocycles. The van der Waals surface area contributed by atoms with Gasteiger partial charge in [0.25, 0.3) is 0 Å². The smallest absolute Gasteiger partial charge is 0.240 e. The van der Waals surface area contributed by atoms with E-state index in [1.54, 1.807) is 0 Å². The van der Waals surface area contributed by atoms with Gasteiger partial charge in [-0.05, 0) is 31.0 Å². The molecule has 1 aliphatic rings. The number of benzene rings is 1. The maximum atomic E-state index is 12.1. The lowest BCUT2D eigenvalue weighted by Crippen LogP contribution is -2.35. The summed E-state index contributed by atoms with van der Waals surface area (Å²) in [6.45, 7) is 0.396. The zero-order valence-electron chi connectivity index (χ0n) is 11.8. The third-order valence-corrected chi connectivity index (χ3v) is 4.63. The van der Waals surface area contributed by atoms with Gasteiger partial charge in [-0.1, -0.05) is 0 Å². The maximum Gasteiger partial charge on any atom is 0.240 e. The molecule has 0 aliphatic heterocycles. The first-order chi connectivity index (χ1) is 9.94. The standard InChI is InChI=1S/C13H19N3O4S/c1-20-12-5-4-10(8-11(12)14)21(18,19)16-7-6-15-13(17)9-2-3-9/h4-5,8-9,16H,2-3,6-7,14H2,1H3,(H,15,17). The molecule has 1 amide bonds. The van der Waals surface area contributed by atoms with Crippen molar-refractivity contribution in [1.29, 1.82) is 0 Å². The van der Waals surface area contributed by atoms with Crippen molar-refractivity contribution >= 4 is 21.6 Å². The number of sulfonamides is 1. The first-order valence-corrected chi connectivity index (χ1v) is 8.13. The van der Waals surface area contributed by atoms with Crippen molar-refractivity contribution in [1.82, 2.24) is 10.0 Å². The van der Waals surface area contributed by atoms with E-state index >= 15 is 0 Å². The van der Waals surface area contributed by atoms with Crippen LogP contribution in [0.2, 0.25) is 0 Å². The fraction of sp³-hybridized carbons (Fsp3) is 0.462. The summed E-state index contributed by atoms with van der Waals surface area (Å²) in [4.78, 5) is 11.5. The number of amides is 1. The second kappa shape index (κ2) is 6.31. The highest BCUT2D eigenvalue weighted by atomic mass is 32.2. The predicted molar refractivity (Wildman–Crippen MR) is 78.3 cm³/mol. The highest BCUT2D eigenvalue weighted by molar-refractivity contribution is 7.89. The molecule has 1 aliphatic carbocycles. The minimum atomic E-state index is -3.65. The van der Waals surface area contributed by atoms with Gasteiger partial charge in [-0.15, -0.1) is 0 Å². The highest BCUT2D eigenvalue weighted by Crippen LogP contribution is 2.28. The molecule has 0 heterocycles. The summed E-state index contributed by atoms with van der Waals surface area (Å²) in [5.74, 6) is 0.525. The first-order valence-electron chi connectivity index (χ1n) is 6.65. The molecule has 0 radical (unpaired) electrons. The Labute approximate surface area is 123 Å². The summed E-state index contributed by atoms with van der Waals surface area (Å²) in [5.41, 5.74) is 5.94. The molecule has 1 aromatic carbocycles. The molecule has 8 heteroatoms. The molecular formula is C13H19N3O4S. The van der Waals surface area contributed by atoms with Crippen molar-refractivity contribution in [2.45, 2.75) is 17.7 Å². The average Bonchev–Trinajstić information content (AvgIpc) is 3.28. The predicted octanol–water partition coefficient (Wildman–Crippen LogP) is 0.0819. The Bertz CT molecular complexity index is 626. The van der Waals surface area contributed by atoms with Crippen molar-refractivity contribution in [3.8, 4) is 5.75 Å². The van der Waals surface area contributed by atoms with Gasteiger partial charge < -0.3 is 15.8 Å². The molecule has 0 spiro atoms. The van der Waals surface area contributed by atoms with Crippen LogP contribution in [0.25, 0.3) is 0 Å². The molecule has 1 aromatic rings. The van der Waals surface area contributed by atoms with Gasteiger partial charge >= 0.3 is 0 Å². The van der Waals surface area contributed by atoms with E-state index in [1.165, 1.54) is 25.3 Å². The van der Waals surface area contributed by atoms with Crippen molar-refractivity contribution in [3.63, 3.8) is 0 Å². The molecule has 0 unspecified atom stereocenters. The number of hydrogen-bond donors (Lipinski definition) is 3. The number of rotatable bonds is 7. The van der Waals surface area contributed by atoms with E-state index in [2.05, 4.69) is 10.0 Å². The molecule has 1 fully saturated rings. The van der Waals surface area contributed by atoms with Gasteiger partial charge in [0.2, 0.25) is 15.9 Å². The van der Waals surface area contributed by atoms with Gasteiger partial charge in [-0.2, -0.15) is 0 Å². The monoisotopic (exact) mass is 313 g/mol. The Morgan fingerprint density at radius 3 is 2.67 bits per heavy atom. The number of methoxy groups -OCH3 is 1. The summed E-state index contributed by atoms with van der Waals surface area (Å²) < 4.78 is 31.5. The van der Waals surface area contributed by atoms with Gasteiger partial charge in [0.15, 0.2) is 0 Å². The van der Waals surface area contributed by atoms with Crippen LogP contribution in [0.1, 0.15) is 12.8 Å². The van der Waals surface area contributed by atoms with Crippen LogP contribution in [0.3, 0.4) is 0 Å². The van der Waals surface area contributed by atoms with E-state index in [1.807, 2.05) is 0 Å². The Morgan fingerprint density at radius 2 is 2.10 bits per heavy atom. The average molecular weight is 313 g/mol. The number of ether oxygens (including phenoxy) is 1. The number of carbonyl (C=O) groups excluding carboxylic acids is 1. The van der Waals surface area contributed by atoms with Crippen LogP contribution >= 0.6 is 0 Å². The van der Waals surface area contributed by atoms with Gasteiger partial charge in [0.1, 0.15) is 5.75 Å². The summed E-state index contributed by atoms with van der Waals surface area (Å²) in [6, 6.07) is 4.25. The largest absolute Gasteiger partial charge is 0.495 e. The molecule has 0 saturated heterocycles. The fourth-order valence-electron chi connectivity index (χ4n) is 1.82. The first kappa shape index (κ1) is 15.6. The van der Waals surface area contributed by atoms with Crippen molar-refractivity contribution in [2.24, 2.45) is 5.92 Å². The van der Waals surface area contributed by atoms with E-state index in [0.717, 1.165) is 12.8 Å². The molecule has 0 aromatic heterocycles. The number of nitrogen functional groups attached to an aromatic ring is 1. The third kappa shape index (κ3) is 4.08. The molecular weight excluding hydrogens is 294 g/mol. The van der Waals surface area contributed by atoms with Crippen LogP contribution in [0.4, 0.5) is 5.69 Å². The molecule has 4 N–H and O–H groups in total. The van der Waals surface area contributed by atoms with Crippen LogP contribution < -0.4 is 20.5 Å².